The average molecular weight is 609 g/mol. The fourth-order valence-corrected chi connectivity index (χ4v) is 5.13. The van der Waals surface area contributed by atoms with E-state index in [1.54, 1.807) is 23.9 Å². The number of carbonyl (C=O) groups excluding carboxylic acids is 1. The van der Waals surface area contributed by atoms with Gasteiger partial charge in [-0.15, -0.1) is 11.8 Å². The lowest BCUT2D eigenvalue weighted by atomic mass is 9.99. The van der Waals surface area contributed by atoms with Gasteiger partial charge in [-0.3, -0.25) is 4.79 Å². The highest BCUT2D eigenvalue weighted by atomic mass is 35.5. The maximum Gasteiger partial charge on any atom is 0.326 e. The third-order valence-electron chi connectivity index (χ3n) is 6.76. The molecule has 1 atom stereocenters. The van der Waals surface area contributed by atoms with Crippen molar-refractivity contribution in [2.24, 2.45) is 0 Å². The van der Waals surface area contributed by atoms with Crippen LogP contribution in [0.5, 0.6) is 11.5 Å². The minimum absolute atomic E-state index is 0.100. The zero-order valence-corrected chi connectivity index (χ0v) is 24.9. The average Bonchev–Trinajstić information content (AvgIpc) is 3.03. The maximum absolute atomic E-state index is 13.3. The molecule has 8 heteroatoms. The molecule has 0 aliphatic rings. The second-order valence-electron chi connectivity index (χ2n) is 9.72. The molecule has 0 heterocycles. The number of carboxylic acid groups (broad SMARTS) is 1. The number of para-hydroxylation sites is 2. The fraction of sp³-hybridized carbons (Fsp3) is 0.0857. The van der Waals surface area contributed by atoms with E-state index in [0.29, 0.717) is 16.5 Å². The van der Waals surface area contributed by atoms with Gasteiger partial charge in [-0.1, -0.05) is 72.3 Å². The smallest absolute Gasteiger partial charge is 0.326 e. The van der Waals surface area contributed by atoms with Gasteiger partial charge in [0.15, 0.2) is 0 Å². The van der Waals surface area contributed by atoms with E-state index in [1.807, 2.05) is 109 Å². The number of hydrogen-bond acceptors (Lipinski definition) is 5. The third kappa shape index (κ3) is 7.77. The fourth-order valence-electron chi connectivity index (χ4n) is 4.54. The summed E-state index contributed by atoms with van der Waals surface area (Å²) in [5.41, 5.74) is 4.15. The van der Waals surface area contributed by atoms with Crippen LogP contribution in [0.25, 0.3) is 11.1 Å². The highest BCUT2D eigenvalue weighted by Gasteiger charge is 2.23. The molecule has 3 N–H and O–H groups in total. The monoisotopic (exact) mass is 608 g/mol. The van der Waals surface area contributed by atoms with Crippen LogP contribution in [0.2, 0.25) is 5.02 Å². The summed E-state index contributed by atoms with van der Waals surface area (Å²) in [6, 6.07) is 36.4. The van der Waals surface area contributed by atoms with Gasteiger partial charge in [0.1, 0.15) is 17.5 Å². The van der Waals surface area contributed by atoms with E-state index in [-0.39, 0.29) is 12.0 Å². The molecule has 0 aliphatic heterocycles. The first-order valence-corrected chi connectivity index (χ1v) is 15.2. The van der Waals surface area contributed by atoms with Crippen molar-refractivity contribution in [3.63, 3.8) is 0 Å². The Morgan fingerprint density at radius 1 is 0.860 bits per heavy atom. The topological polar surface area (TPSA) is 87.7 Å². The van der Waals surface area contributed by atoms with Crippen LogP contribution in [-0.2, 0) is 11.2 Å². The van der Waals surface area contributed by atoms with Crippen molar-refractivity contribution in [1.82, 2.24) is 5.32 Å². The molecular weight excluding hydrogens is 580 g/mol. The number of rotatable bonds is 11. The van der Waals surface area contributed by atoms with Gasteiger partial charge in [0.05, 0.1) is 11.3 Å². The quantitative estimate of drug-likeness (QED) is 0.130. The van der Waals surface area contributed by atoms with Crippen LogP contribution in [0.3, 0.4) is 0 Å². The molecule has 0 aromatic heterocycles. The Morgan fingerprint density at radius 2 is 1.56 bits per heavy atom. The van der Waals surface area contributed by atoms with Crippen molar-refractivity contribution in [3.05, 3.63) is 137 Å². The van der Waals surface area contributed by atoms with Gasteiger partial charge in [0.2, 0.25) is 0 Å². The minimum atomic E-state index is -1.15. The second kappa shape index (κ2) is 14.0. The lowest BCUT2D eigenvalue weighted by Crippen LogP contribution is -2.42. The summed E-state index contributed by atoms with van der Waals surface area (Å²) in [5.74, 6) is -0.230. The molecule has 0 bridgehead atoms. The largest absolute Gasteiger partial charge is 0.480 e. The van der Waals surface area contributed by atoms with Gasteiger partial charge < -0.3 is 20.5 Å². The normalized spacial score (nSPS) is 11.4. The predicted octanol–water partition coefficient (Wildman–Crippen LogP) is 8.69. The van der Waals surface area contributed by atoms with Gasteiger partial charge in [0, 0.05) is 27.6 Å². The second-order valence-corrected chi connectivity index (χ2v) is 11.0. The molecule has 1 amide bonds. The molecule has 0 radical (unpaired) electrons. The predicted molar refractivity (Wildman–Crippen MR) is 174 cm³/mol. The van der Waals surface area contributed by atoms with Crippen molar-refractivity contribution >= 4 is 46.6 Å². The van der Waals surface area contributed by atoms with Crippen LogP contribution in [0, 0.1) is 0 Å². The Hall–Kier alpha value is -4.72. The summed E-state index contributed by atoms with van der Waals surface area (Å²) in [7, 11) is 0. The number of amides is 1. The standard InChI is InChI=1S/C35H29ClN2O4S/c1-43-28-18-16-26(17-19-28)37-31-20-15-25(36)22-30(31)34(39)38-32(35(40)41)21-23-11-13-24(14-12-23)29-9-5-6-10-33(29)42-27-7-3-2-4-8-27/h2-20,22,32,37H,21H2,1H3,(H,38,39)(H,40,41). The van der Waals surface area contributed by atoms with Crippen LogP contribution in [0.1, 0.15) is 15.9 Å². The van der Waals surface area contributed by atoms with E-state index in [2.05, 4.69) is 10.6 Å². The van der Waals surface area contributed by atoms with E-state index in [9.17, 15) is 14.7 Å². The molecule has 0 aliphatic carbocycles. The molecule has 0 spiro atoms. The molecule has 1 unspecified atom stereocenters. The molecule has 43 heavy (non-hydrogen) atoms. The molecule has 6 nitrogen and oxygen atoms in total. The van der Waals surface area contributed by atoms with E-state index in [0.717, 1.165) is 33.0 Å². The van der Waals surface area contributed by atoms with Crippen molar-refractivity contribution < 1.29 is 19.4 Å². The SMILES string of the molecule is CSc1ccc(Nc2ccc(Cl)cc2C(=O)NC(Cc2ccc(-c3ccccc3Oc3ccccc3)cc2)C(=O)O)cc1. The Labute approximate surface area is 259 Å². The van der Waals surface area contributed by atoms with E-state index >= 15 is 0 Å². The summed E-state index contributed by atoms with van der Waals surface area (Å²) in [4.78, 5) is 26.7. The first kappa shape index (κ1) is 29.8. The van der Waals surface area contributed by atoms with Crippen LogP contribution < -0.4 is 15.4 Å². The van der Waals surface area contributed by atoms with Gasteiger partial charge in [0.25, 0.3) is 5.91 Å². The lowest BCUT2D eigenvalue weighted by molar-refractivity contribution is -0.139. The number of nitrogens with one attached hydrogen (secondary N) is 2. The number of benzene rings is 5. The highest BCUT2D eigenvalue weighted by Crippen LogP contribution is 2.33. The molecule has 5 aromatic rings. The van der Waals surface area contributed by atoms with E-state index < -0.39 is 17.9 Å². The summed E-state index contributed by atoms with van der Waals surface area (Å²) in [5, 5.41) is 16.3. The number of carbonyl (C=O) groups is 2. The molecule has 216 valence electrons. The van der Waals surface area contributed by atoms with E-state index in [1.165, 1.54) is 6.07 Å². The zero-order valence-electron chi connectivity index (χ0n) is 23.3. The molecular formula is C35H29ClN2O4S. The van der Waals surface area contributed by atoms with Crippen molar-refractivity contribution in [3.8, 4) is 22.6 Å². The lowest BCUT2D eigenvalue weighted by Gasteiger charge is -2.18. The molecule has 5 aromatic carbocycles. The molecule has 0 saturated carbocycles. The number of carboxylic acids is 1. The summed E-state index contributed by atoms with van der Waals surface area (Å²) < 4.78 is 6.10. The van der Waals surface area contributed by atoms with Gasteiger partial charge in [-0.25, -0.2) is 4.79 Å². The Morgan fingerprint density at radius 3 is 2.26 bits per heavy atom. The van der Waals surface area contributed by atoms with Crippen molar-refractivity contribution in [2.75, 3.05) is 11.6 Å². The van der Waals surface area contributed by atoms with Crippen LogP contribution in [-0.4, -0.2) is 29.3 Å². The zero-order chi connectivity index (χ0) is 30.2. The van der Waals surface area contributed by atoms with Crippen LogP contribution >= 0.6 is 23.4 Å². The van der Waals surface area contributed by atoms with Crippen LogP contribution in [0.4, 0.5) is 11.4 Å². The number of hydrogen-bond donors (Lipinski definition) is 3. The number of anilines is 2. The first-order valence-electron chi connectivity index (χ1n) is 13.5. The minimum Gasteiger partial charge on any atom is -0.480 e. The Bertz CT molecular complexity index is 1710. The molecule has 0 fully saturated rings. The summed E-state index contributed by atoms with van der Waals surface area (Å²) in [6.45, 7) is 0. The van der Waals surface area contributed by atoms with E-state index in [4.69, 9.17) is 16.3 Å². The maximum atomic E-state index is 13.3. The molecule has 5 rings (SSSR count). The first-order chi connectivity index (χ1) is 20.9. The Kier molecular flexibility index (Phi) is 9.66. The molecule has 0 saturated heterocycles. The summed E-state index contributed by atoms with van der Waals surface area (Å²) >= 11 is 7.85. The van der Waals surface area contributed by atoms with Crippen molar-refractivity contribution in [1.29, 1.82) is 0 Å². The number of halogens is 1. The van der Waals surface area contributed by atoms with Gasteiger partial charge in [-0.2, -0.15) is 0 Å². The third-order valence-corrected chi connectivity index (χ3v) is 7.74. The summed E-state index contributed by atoms with van der Waals surface area (Å²) in [6.07, 6.45) is 2.10. The van der Waals surface area contributed by atoms with Crippen molar-refractivity contribution in [2.45, 2.75) is 17.4 Å². The number of aliphatic carboxylic acids is 1. The van der Waals surface area contributed by atoms with Crippen LogP contribution in [0.15, 0.2) is 126 Å². The number of ether oxygens (including phenoxy) is 1. The number of thioether (sulfide) groups is 1. The van der Waals surface area contributed by atoms with Gasteiger partial charge in [-0.05, 0) is 78.0 Å². The highest BCUT2D eigenvalue weighted by molar-refractivity contribution is 7.98. The Balaban J connectivity index is 1.30. The van der Waals surface area contributed by atoms with Gasteiger partial charge >= 0.3 is 5.97 Å².